The van der Waals surface area contributed by atoms with Crippen molar-refractivity contribution in [3.63, 3.8) is 0 Å². The third kappa shape index (κ3) is 7.46. The first kappa shape index (κ1) is 25.5. The number of nitrogens with one attached hydrogen (secondary N) is 1. The van der Waals surface area contributed by atoms with Crippen LogP contribution < -0.4 is 14.8 Å². The number of aromatic nitrogens is 1. The Bertz CT molecular complexity index is 963. The molecular formula is C22H27Cl2N3O5. The molecule has 0 radical (unpaired) electrons. The van der Waals surface area contributed by atoms with E-state index < -0.39 is 11.7 Å². The van der Waals surface area contributed by atoms with E-state index in [1.54, 1.807) is 46.1 Å². The highest BCUT2D eigenvalue weighted by atomic mass is 35.5. The topological polar surface area (TPSA) is 90.0 Å². The number of rotatable bonds is 8. The maximum absolute atomic E-state index is 13.3. The van der Waals surface area contributed by atoms with Gasteiger partial charge in [-0.3, -0.25) is 4.79 Å². The third-order valence-corrected chi connectivity index (χ3v) is 4.74. The summed E-state index contributed by atoms with van der Waals surface area (Å²) in [7, 11) is 3.09. The second-order valence-corrected chi connectivity index (χ2v) is 8.55. The van der Waals surface area contributed by atoms with Crippen LogP contribution in [0.25, 0.3) is 0 Å². The predicted octanol–water partition coefficient (Wildman–Crippen LogP) is 4.57. The highest BCUT2D eigenvalue weighted by Crippen LogP contribution is 2.27. The van der Waals surface area contributed by atoms with Gasteiger partial charge in [-0.05, 0) is 45.0 Å². The van der Waals surface area contributed by atoms with Crippen LogP contribution in [0, 0.1) is 0 Å². The molecule has 0 saturated carbocycles. The Balaban J connectivity index is 2.24. The Morgan fingerprint density at radius 2 is 1.81 bits per heavy atom. The lowest BCUT2D eigenvalue weighted by atomic mass is 10.1. The molecule has 1 aromatic carbocycles. The minimum Gasteiger partial charge on any atom is -0.497 e. The van der Waals surface area contributed by atoms with Crippen molar-refractivity contribution in [3.8, 4) is 11.5 Å². The van der Waals surface area contributed by atoms with Crippen LogP contribution in [0.5, 0.6) is 11.5 Å². The molecule has 10 heteroatoms. The van der Waals surface area contributed by atoms with Gasteiger partial charge >= 0.3 is 6.09 Å². The lowest BCUT2D eigenvalue weighted by molar-refractivity contribution is 0.0512. The lowest BCUT2D eigenvalue weighted by Gasteiger charge is -2.25. The van der Waals surface area contributed by atoms with Crippen LogP contribution in [0.1, 0.15) is 36.7 Å². The van der Waals surface area contributed by atoms with Crippen LogP contribution in [0.2, 0.25) is 10.3 Å². The number of benzene rings is 1. The van der Waals surface area contributed by atoms with E-state index in [-0.39, 0.29) is 41.4 Å². The van der Waals surface area contributed by atoms with Crippen LogP contribution >= 0.6 is 23.2 Å². The van der Waals surface area contributed by atoms with E-state index in [0.717, 1.165) is 5.56 Å². The zero-order valence-electron chi connectivity index (χ0n) is 18.7. The van der Waals surface area contributed by atoms with E-state index >= 15 is 0 Å². The molecule has 0 bridgehead atoms. The number of carbonyl (C=O) groups excluding carboxylic acids is 2. The van der Waals surface area contributed by atoms with Gasteiger partial charge in [-0.2, -0.15) is 0 Å². The molecule has 1 N–H and O–H groups in total. The summed E-state index contributed by atoms with van der Waals surface area (Å²) in [5.74, 6) is 0.811. The molecule has 0 aliphatic carbocycles. The van der Waals surface area contributed by atoms with Crippen molar-refractivity contribution in [3.05, 3.63) is 51.8 Å². The van der Waals surface area contributed by atoms with Crippen molar-refractivity contribution in [2.24, 2.45) is 0 Å². The van der Waals surface area contributed by atoms with Crippen LogP contribution in [0.4, 0.5) is 4.79 Å². The van der Waals surface area contributed by atoms with Gasteiger partial charge in [-0.1, -0.05) is 23.2 Å². The predicted molar refractivity (Wildman–Crippen MR) is 123 cm³/mol. The molecule has 0 aliphatic heterocycles. The van der Waals surface area contributed by atoms with Gasteiger partial charge in [0.25, 0.3) is 5.91 Å². The zero-order valence-corrected chi connectivity index (χ0v) is 20.2. The first-order valence-corrected chi connectivity index (χ1v) is 10.6. The highest BCUT2D eigenvalue weighted by Gasteiger charge is 2.22. The highest BCUT2D eigenvalue weighted by molar-refractivity contribution is 6.34. The van der Waals surface area contributed by atoms with Crippen molar-refractivity contribution in [1.29, 1.82) is 0 Å². The van der Waals surface area contributed by atoms with E-state index in [4.69, 9.17) is 37.4 Å². The molecule has 0 spiro atoms. The Morgan fingerprint density at radius 3 is 2.41 bits per heavy atom. The van der Waals surface area contributed by atoms with E-state index in [1.807, 2.05) is 0 Å². The first-order chi connectivity index (χ1) is 15.0. The minimum atomic E-state index is -0.626. The van der Waals surface area contributed by atoms with Crippen LogP contribution in [-0.4, -0.2) is 54.8 Å². The normalized spacial score (nSPS) is 11.0. The summed E-state index contributed by atoms with van der Waals surface area (Å²) in [5.41, 5.74) is 0.316. The number of hydrogen-bond donors (Lipinski definition) is 1. The number of pyridine rings is 1. The Hall–Kier alpha value is -2.71. The van der Waals surface area contributed by atoms with Gasteiger partial charge in [0.05, 0.1) is 19.8 Å². The van der Waals surface area contributed by atoms with Gasteiger partial charge in [0.2, 0.25) is 0 Å². The average molecular weight is 484 g/mol. The molecule has 32 heavy (non-hydrogen) atoms. The summed E-state index contributed by atoms with van der Waals surface area (Å²) in [4.78, 5) is 30.7. The van der Waals surface area contributed by atoms with E-state index in [2.05, 4.69) is 10.3 Å². The third-order valence-electron chi connectivity index (χ3n) is 4.24. The maximum Gasteiger partial charge on any atom is 0.407 e. The molecule has 1 aromatic heterocycles. The summed E-state index contributed by atoms with van der Waals surface area (Å²) in [6.07, 6.45) is -0.571. The fourth-order valence-electron chi connectivity index (χ4n) is 2.79. The largest absolute Gasteiger partial charge is 0.497 e. The molecule has 174 valence electrons. The van der Waals surface area contributed by atoms with Crippen molar-refractivity contribution in [2.75, 3.05) is 27.3 Å². The number of hydrogen-bond acceptors (Lipinski definition) is 6. The summed E-state index contributed by atoms with van der Waals surface area (Å²) in [5, 5.41) is 2.83. The molecular weight excluding hydrogens is 457 g/mol. The van der Waals surface area contributed by atoms with Gasteiger partial charge in [0, 0.05) is 31.3 Å². The number of amides is 2. The Morgan fingerprint density at radius 1 is 1.09 bits per heavy atom. The summed E-state index contributed by atoms with van der Waals surface area (Å²) >= 11 is 12.0. The van der Waals surface area contributed by atoms with Gasteiger partial charge in [-0.15, -0.1) is 0 Å². The molecule has 2 amide bonds. The second kappa shape index (κ2) is 11.2. The van der Waals surface area contributed by atoms with Crippen molar-refractivity contribution < 1.29 is 23.8 Å². The molecule has 0 atom stereocenters. The molecule has 8 nitrogen and oxygen atoms in total. The molecule has 0 unspecified atom stereocenters. The molecule has 2 aromatic rings. The SMILES string of the molecule is COc1ccc(CN(CCNC(=O)OC(C)(C)C)C(=O)c2ccc(Cl)nc2Cl)c(OC)c1. The number of carbonyl (C=O) groups is 2. The smallest absolute Gasteiger partial charge is 0.407 e. The molecule has 0 aliphatic rings. The summed E-state index contributed by atoms with van der Waals surface area (Å²) < 4.78 is 15.9. The number of halogens is 2. The Kier molecular flexibility index (Phi) is 8.98. The first-order valence-electron chi connectivity index (χ1n) is 9.83. The van der Waals surface area contributed by atoms with Crippen molar-refractivity contribution in [2.45, 2.75) is 32.9 Å². The van der Waals surface area contributed by atoms with Crippen LogP contribution in [-0.2, 0) is 11.3 Å². The molecule has 0 saturated heterocycles. The Labute approximate surface area is 197 Å². The van der Waals surface area contributed by atoms with E-state index in [0.29, 0.717) is 11.5 Å². The number of ether oxygens (including phenoxy) is 3. The number of nitrogens with zero attached hydrogens (tertiary/aromatic N) is 2. The standard InChI is InChI=1S/C22H27Cl2N3O5/c1-22(2,3)32-21(29)25-10-11-27(20(28)16-8-9-18(23)26-19(16)24)13-14-6-7-15(30-4)12-17(14)31-5/h6-9,12H,10-11,13H2,1-5H3,(H,25,29). The molecule has 1 heterocycles. The fourth-order valence-corrected chi connectivity index (χ4v) is 3.22. The summed E-state index contributed by atoms with van der Waals surface area (Å²) in [6, 6.07) is 8.32. The lowest BCUT2D eigenvalue weighted by Crippen LogP contribution is -2.40. The quantitative estimate of drug-likeness (QED) is 0.552. The van der Waals surface area contributed by atoms with Gasteiger partial charge in [0.15, 0.2) is 0 Å². The van der Waals surface area contributed by atoms with Crippen molar-refractivity contribution >= 4 is 35.2 Å². The zero-order chi connectivity index (χ0) is 23.9. The monoisotopic (exact) mass is 483 g/mol. The number of methoxy groups -OCH3 is 2. The average Bonchev–Trinajstić information content (AvgIpc) is 2.71. The second-order valence-electron chi connectivity index (χ2n) is 7.81. The fraction of sp³-hybridized carbons (Fsp3) is 0.409. The van der Waals surface area contributed by atoms with E-state index in [9.17, 15) is 9.59 Å². The van der Waals surface area contributed by atoms with Crippen molar-refractivity contribution in [1.82, 2.24) is 15.2 Å². The maximum atomic E-state index is 13.3. The van der Waals surface area contributed by atoms with Gasteiger partial charge in [-0.25, -0.2) is 9.78 Å². The van der Waals surface area contributed by atoms with Gasteiger partial charge < -0.3 is 24.4 Å². The summed E-state index contributed by atoms with van der Waals surface area (Å²) in [6.45, 7) is 5.86. The minimum absolute atomic E-state index is 0.00528. The molecule has 0 fully saturated rings. The van der Waals surface area contributed by atoms with Gasteiger partial charge in [0.1, 0.15) is 27.4 Å². The molecule has 2 rings (SSSR count). The van der Waals surface area contributed by atoms with E-state index in [1.165, 1.54) is 24.1 Å². The van der Waals surface area contributed by atoms with Crippen LogP contribution in [0.3, 0.4) is 0 Å². The number of alkyl carbamates (subject to hydrolysis) is 1. The van der Waals surface area contributed by atoms with Crippen LogP contribution in [0.15, 0.2) is 30.3 Å².